The fraction of sp³-hybridized carbons (Fsp3) is 0.0714. The van der Waals surface area contributed by atoms with Gasteiger partial charge in [-0.05, 0) is 35.9 Å². The topological polar surface area (TPSA) is 23.8 Å². The van der Waals surface area contributed by atoms with Crippen LogP contribution < -0.4 is 0 Å². The highest BCUT2D eigenvalue weighted by molar-refractivity contribution is 7.98. The van der Waals surface area contributed by atoms with E-state index in [2.05, 4.69) is 0 Å². The van der Waals surface area contributed by atoms with Gasteiger partial charge in [0.1, 0.15) is 5.82 Å². The monoisotopic (exact) mass is 243 g/mol. The summed E-state index contributed by atoms with van der Waals surface area (Å²) in [4.78, 5) is 1.13. The van der Waals surface area contributed by atoms with E-state index in [4.69, 9.17) is 5.26 Å². The van der Waals surface area contributed by atoms with Crippen molar-refractivity contribution in [2.75, 3.05) is 0 Å². The molecule has 0 unspecified atom stereocenters. The lowest BCUT2D eigenvalue weighted by molar-refractivity contribution is 0.626. The van der Waals surface area contributed by atoms with Crippen molar-refractivity contribution in [2.45, 2.75) is 10.6 Å². The molecule has 2 rings (SSSR count). The molecule has 0 spiro atoms. The Kier molecular flexibility index (Phi) is 3.79. The third-order valence-corrected chi connectivity index (χ3v) is 3.32. The van der Waals surface area contributed by atoms with E-state index < -0.39 is 0 Å². The molecule has 0 bridgehead atoms. The van der Waals surface area contributed by atoms with Crippen molar-refractivity contribution in [1.29, 1.82) is 5.26 Å². The van der Waals surface area contributed by atoms with E-state index in [-0.39, 0.29) is 5.82 Å². The van der Waals surface area contributed by atoms with Crippen molar-refractivity contribution in [2.24, 2.45) is 0 Å². The predicted molar refractivity (Wildman–Crippen MR) is 67.1 cm³/mol. The van der Waals surface area contributed by atoms with Crippen LogP contribution >= 0.6 is 11.8 Å². The number of nitriles is 1. The molecule has 0 saturated heterocycles. The maximum atomic E-state index is 13.2. The Hall–Kier alpha value is -1.79. The van der Waals surface area contributed by atoms with E-state index in [1.807, 2.05) is 36.4 Å². The molecule has 17 heavy (non-hydrogen) atoms. The summed E-state index contributed by atoms with van der Waals surface area (Å²) in [6.07, 6.45) is 0. The maximum absolute atomic E-state index is 13.2. The highest BCUT2D eigenvalue weighted by Gasteiger charge is 2.01. The Morgan fingerprint density at radius 2 is 1.88 bits per heavy atom. The van der Waals surface area contributed by atoms with Crippen LogP contribution in [0.3, 0.4) is 0 Å². The maximum Gasteiger partial charge on any atom is 0.124 e. The van der Waals surface area contributed by atoms with Crippen molar-refractivity contribution < 1.29 is 4.39 Å². The van der Waals surface area contributed by atoms with Crippen LogP contribution in [0.25, 0.3) is 0 Å². The van der Waals surface area contributed by atoms with E-state index in [1.165, 1.54) is 12.1 Å². The summed E-state index contributed by atoms with van der Waals surface area (Å²) in [5.74, 6) is 0.309. The highest BCUT2D eigenvalue weighted by Crippen LogP contribution is 2.23. The normalized spacial score (nSPS) is 9.88. The first-order chi connectivity index (χ1) is 8.28. The zero-order chi connectivity index (χ0) is 12.1. The summed E-state index contributed by atoms with van der Waals surface area (Å²) >= 11 is 1.63. The van der Waals surface area contributed by atoms with Gasteiger partial charge in [-0.2, -0.15) is 5.26 Å². The molecule has 0 amide bonds. The van der Waals surface area contributed by atoms with Crippen LogP contribution in [0.1, 0.15) is 11.1 Å². The molecule has 0 aliphatic carbocycles. The van der Waals surface area contributed by atoms with Gasteiger partial charge < -0.3 is 0 Å². The van der Waals surface area contributed by atoms with Crippen molar-refractivity contribution >= 4 is 11.8 Å². The molecule has 84 valence electrons. The van der Waals surface area contributed by atoms with Gasteiger partial charge in [-0.15, -0.1) is 11.8 Å². The number of benzene rings is 2. The molecule has 2 aromatic carbocycles. The quantitative estimate of drug-likeness (QED) is 0.761. The minimum atomic E-state index is -0.354. The minimum absolute atomic E-state index is 0.354. The van der Waals surface area contributed by atoms with Crippen molar-refractivity contribution in [3.8, 4) is 6.07 Å². The van der Waals surface area contributed by atoms with E-state index in [1.54, 1.807) is 17.8 Å². The van der Waals surface area contributed by atoms with Gasteiger partial charge in [0.05, 0.1) is 11.6 Å². The summed E-state index contributed by atoms with van der Waals surface area (Å²) in [5.41, 5.74) is 1.20. The molecule has 0 atom stereocenters. The zero-order valence-electron chi connectivity index (χ0n) is 9.06. The molecule has 0 fully saturated rings. The largest absolute Gasteiger partial charge is 0.207 e. The smallest absolute Gasteiger partial charge is 0.124 e. The van der Waals surface area contributed by atoms with Gasteiger partial charge in [0, 0.05) is 10.6 Å². The van der Waals surface area contributed by atoms with Gasteiger partial charge in [-0.3, -0.25) is 0 Å². The molecule has 1 nitrogen and oxygen atoms in total. The van der Waals surface area contributed by atoms with Gasteiger partial charge in [0.2, 0.25) is 0 Å². The molecule has 2 aromatic rings. The number of nitrogens with zero attached hydrogens (tertiary/aromatic N) is 1. The molecular formula is C14H10FNS. The average Bonchev–Trinajstić information content (AvgIpc) is 2.37. The second-order valence-corrected chi connectivity index (χ2v) is 4.61. The summed E-state index contributed by atoms with van der Waals surface area (Å²) in [7, 11) is 0. The standard InChI is InChI=1S/C14H10FNS/c15-13-7-11(9-16)6-12(8-13)10-17-14-4-2-1-3-5-14/h1-8H,10H2. The van der Waals surface area contributed by atoms with E-state index in [0.717, 1.165) is 10.5 Å². The Morgan fingerprint density at radius 3 is 2.59 bits per heavy atom. The summed E-state index contributed by atoms with van der Waals surface area (Å²) < 4.78 is 13.2. The van der Waals surface area contributed by atoms with Crippen LogP contribution in [-0.2, 0) is 5.75 Å². The van der Waals surface area contributed by atoms with Crippen molar-refractivity contribution in [3.63, 3.8) is 0 Å². The fourth-order valence-corrected chi connectivity index (χ4v) is 2.33. The van der Waals surface area contributed by atoms with E-state index in [0.29, 0.717) is 11.3 Å². The van der Waals surface area contributed by atoms with Crippen LogP contribution in [0.2, 0.25) is 0 Å². The zero-order valence-corrected chi connectivity index (χ0v) is 9.88. The Balaban J connectivity index is 2.10. The number of hydrogen-bond acceptors (Lipinski definition) is 2. The lowest BCUT2D eigenvalue weighted by Crippen LogP contribution is -1.86. The molecule has 0 heterocycles. The number of rotatable bonds is 3. The van der Waals surface area contributed by atoms with Gasteiger partial charge in [-0.1, -0.05) is 18.2 Å². The Bertz CT molecular complexity index is 546. The second-order valence-electron chi connectivity index (χ2n) is 3.56. The molecule has 0 N–H and O–H groups in total. The SMILES string of the molecule is N#Cc1cc(F)cc(CSc2ccccc2)c1. The third kappa shape index (κ3) is 3.33. The molecule has 0 saturated carbocycles. The van der Waals surface area contributed by atoms with Crippen molar-refractivity contribution in [3.05, 3.63) is 65.5 Å². The fourth-order valence-electron chi connectivity index (χ4n) is 1.48. The molecule has 0 aliphatic rings. The summed E-state index contributed by atoms with van der Waals surface area (Å²) in [6.45, 7) is 0. The van der Waals surface area contributed by atoms with Crippen LogP contribution in [0, 0.1) is 17.1 Å². The summed E-state index contributed by atoms with van der Waals surface area (Å²) in [5, 5.41) is 8.75. The number of thioether (sulfide) groups is 1. The highest BCUT2D eigenvalue weighted by atomic mass is 32.2. The predicted octanol–water partition coefficient (Wildman–Crippen LogP) is 3.99. The van der Waals surface area contributed by atoms with Crippen molar-refractivity contribution in [1.82, 2.24) is 0 Å². The minimum Gasteiger partial charge on any atom is -0.207 e. The molecule has 3 heteroatoms. The Morgan fingerprint density at radius 1 is 1.12 bits per heavy atom. The van der Waals surface area contributed by atoms with Gasteiger partial charge in [0.25, 0.3) is 0 Å². The van der Waals surface area contributed by atoms with Gasteiger partial charge >= 0.3 is 0 Å². The first-order valence-corrected chi connectivity index (χ1v) is 6.14. The first-order valence-electron chi connectivity index (χ1n) is 5.15. The number of hydrogen-bond donors (Lipinski definition) is 0. The molecular weight excluding hydrogens is 233 g/mol. The second kappa shape index (κ2) is 5.51. The molecule has 0 aromatic heterocycles. The third-order valence-electron chi connectivity index (χ3n) is 2.24. The lowest BCUT2D eigenvalue weighted by atomic mass is 10.1. The summed E-state index contributed by atoms with van der Waals surface area (Å²) in [6, 6.07) is 16.3. The van der Waals surface area contributed by atoms with Crippen LogP contribution in [0.5, 0.6) is 0 Å². The van der Waals surface area contributed by atoms with Gasteiger partial charge in [-0.25, -0.2) is 4.39 Å². The van der Waals surface area contributed by atoms with Crippen LogP contribution in [0.15, 0.2) is 53.4 Å². The van der Waals surface area contributed by atoms with Crippen LogP contribution in [0.4, 0.5) is 4.39 Å². The molecule has 0 aliphatic heterocycles. The first kappa shape index (κ1) is 11.7. The number of halogens is 1. The average molecular weight is 243 g/mol. The molecule has 0 radical (unpaired) electrons. The van der Waals surface area contributed by atoms with E-state index in [9.17, 15) is 4.39 Å². The van der Waals surface area contributed by atoms with Crippen LogP contribution in [-0.4, -0.2) is 0 Å². The lowest BCUT2D eigenvalue weighted by Gasteiger charge is -2.02. The van der Waals surface area contributed by atoms with E-state index >= 15 is 0 Å². The Labute approximate surface area is 104 Å². The van der Waals surface area contributed by atoms with Gasteiger partial charge in [0.15, 0.2) is 0 Å².